The second-order valence-electron chi connectivity index (χ2n) is 10.1. The Hall–Kier alpha value is -2.88. The van der Waals surface area contributed by atoms with Gasteiger partial charge in [0.2, 0.25) is 0 Å². The molecule has 2 aromatic heterocycles. The number of nitrogens with two attached hydrogens (primary N) is 1. The Kier molecular flexibility index (Phi) is 9.07. The highest BCUT2D eigenvalue weighted by Gasteiger charge is 2.54. The molecule has 20 heteroatoms. The number of ether oxygens (including phenoxy) is 3. The normalized spacial score (nSPS) is 27.0. The molecule has 2 aliphatic heterocycles. The number of anilines is 1. The van der Waals surface area contributed by atoms with Crippen LogP contribution < -0.4 is 20.4 Å². The standard InChI is InChI=1S/C25H28N5O12P3/c26-23-20-24(28-14-27-23)30(15-29-20)25-22-21(39-19(40-22)11-16-7-3-1-4-8-16)18(38-25)12-37-44(33,34)42-45(35,36)41-43(31,32)13-17-9-5-2-6-10-17/h1-10,14-15,18-19,21-22,25H,11-13H2,(H,31,32)(H,33,34)(H,35,36)(H2,26,27,28)/p-3/t18-,19?,21?,22+,25-/m1/s1. The van der Waals surface area contributed by atoms with Crippen molar-refractivity contribution in [1.29, 1.82) is 0 Å². The number of imidazole rings is 1. The Morgan fingerprint density at radius 3 is 2.20 bits per heavy atom. The molecule has 2 aliphatic rings. The van der Waals surface area contributed by atoms with Gasteiger partial charge in [0.05, 0.1) is 12.9 Å². The minimum Gasteiger partial charge on any atom is -0.778 e. The lowest BCUT2D eigenvalue weighted by molar-refractivity contribution is -0.246. The predicted molar refractivity (Wildman–Crippen MR) is 148 cm³/mol. The number of aromatic nitrogens is 4. The van der Waals surface area contributed by atoms with Crippen LogP contribution in [0.2, 0.25) is 0 Å². The number of hydrogen-bond donors (Lipinski definition) is 1. The van der Waals surface area contributed by atoms with Crippen LogP contribution in [-0.2, 0) is 53.6 Å². The van der Waals surface area contributed by atoms with Crippen molar-refractivity contribution in [2.75, 3.05) is 12.3 Å². The van der Waals surface area contributed by atoms with Gasteiger partial charge < -0.3 is 43.7 Å². The number of nitrogens with zero attached hydrogens (tertiary/aromatic N) is 4. The molecule has 2 N–H and O–H groups in total. The summed E-state index contributed by atoms with van der Waals surface area (Å²) in [6.45, 7) is -0.789. The Balaban J connectivity index is 1.16. The fourth-order valence-electron chi connectivity index (χ4n) is 5.03. The summed E-state index contributed by atoms with van der Waals surface area (Å²) in [5.41, 5.74) is 7.64. The van der Waals surface area contributed by atoms with Crippen LogP contribution in [0.5, 0.6) is 0 Å². The molecule has 8 atom stereocenters. The third-order valence-electron chi connectivity index (χ3n) is 6.85. The van der Waals surface area contributed by atoms with Crippen LogP contribution in [0.4, 0.5) is 5.82 Å². The van der Waals surface area contributed by atoms with Crippen LogP contribution in [-0.4, -0.2) is 50.7 Å². The molecule has 2 saturated heterocycles. The van der Waals surface area contributed by atoms with Gasteiger partial charge in [-0.2, -0.15) is 0 Å². The summed E-state index contributed by atoms with van der Waals surface area (Å²) < 4.78 is 69.9. The molecule has 5 unspecified atom stereocenters. The summed E-state index contributed by atoms with van der Waals surface area (Å²) >= 11 is 0. The molecule has 240 valence electrons. The van der Waals surface area contributed by atoms with E-state index < -0.39 is 66.8 Å². The molecular weight excluding hydrogens is 655 g/mol. The number of rotatable bonds is 12. The van der Waals surface area contributed by atoms with Gasteiger partial charge in [0, 0.05) is 12.6 Å². The van der Waals surface area contributed by atoms with Gasteiger partial charge in [-0.1, -0.05) is 60.7 Å². The summed E-state index contributed by atoms with van der Waals surface area (Å²) in [7, 11) is -16.8. The number of nitrogen functional groups attached to an aromatic ring is 1. The van der Waals surface area contributed by atoms with Gasteiger partial charge in [-0.15, -0.1) is 0 Å². The highest BCUT2D eigenvalue weighted by atomic mass is 31.3. The van der Waals surface area contributed by atoms with Gasteiger partial charge in [-0.3, -0.25) is 18.0 Å². The molecule has 0 amide bonds. The van der Waals surface area contributed by atoms with Crippen molar-refractivity contribution in [3.05, 3.63) is 84.4 Å². The van der Waals surface area contributed by atoms with Crippen LogP contribution in [0.15, 0.2) is 73.3 Å². The largest absolute Gasteiger partial charge is 0.778 e. The lowest BCUT2D eigenvalue weighted by atomic mass is 10.1. The van der Waals surface area contributed by atoms with Crippen molar-refractivity contribution < 1.29 is 55.7 Å². The molecular formula is C25H25N5O12P3-3. The van der Waals surface area contributed by atoms with Crippen LogP contribution in [0.3, 0.4) is 0 Å². The zero-order valence-corrected chi connectivity index (χ0v) is 25.7. The van der Waals surface area contributed by atoms with E-state index in [9.17, 15) is 28.4 Å². The number of hydrogen-bond acceptors (Lipinski definition) is 16. The topological polar surface area (TPSA) is 245 Å². The van der Waals surface area contributed by atoms with Crippen LogP contribution in [0, 0.1) is 0 Å². The molecule has 0 saturated carbocycles. The zero-order valence-electron chi connectivity index (χ0n) is 23.0. The first-order valence-electron chi connectivity index (χ1n) is 13.3. The van der Waals surface area contributed by atoms with Crippen LogP contribution in [0.1, 0.15) is 17.4 Å². The average molecular weight is 680 g/mol. The van der Waals surface area contributed by atoms with Crippen molar-refractivity contribution in [3.63, 3.8) is 0 Å². The Labute approximate surface area is 255 Å². The maximum atomic E-state index is 12.5. The predicted octanol–water partition coefficient (Wildman–Crippen LogP) is 1.40. The smallest absolute Gasteiger partial charge is 0.279 e. The third kappa shape index (κ3) is 7.58. The zero-order chi connectivity index (χ0) is 31.8. The first kappa shape index (κ1) is 32.1. The van der Waals surface area contributed by atoms with E-state index >= 15 is 0 Å². The summed E-state index contributed by atoms with van der Waals surface area (Å²) in [5, 5.41) is 0. The van der Waals surface area contributed by atoms with E-state index in [-0.39, 0.29) is 11.4 Å². The molecule has 0 radical (unpaired) electrons. The molecule has 2 aromatic carbocycles. The molecule has 4 aromatic rings. The first-order valence-corrected chi connectivity index (χ1v) is 18.0. The summed E-state index contributed by atoms with van der Waals surface area (Å²) in [6.07, 6.45) is -2.39. The van der Waals surface area contributed by atoms with Crippen molar-refractivity contribution in [2.24, 2.45) is 0 Å². The van der Waals surface area contributed by atoms with Gasteiger partial charge >= 0.3 is 0 Å². The first-order chi connectivity index (χ1) is 21.4. The quantitative estimate of drug-likeness (QED) is 0.208. The van der Waals surface area contributed by atoms with Gasteiger partial charge in [0.25, 0.3) is 15.6 Å². The Morgan fingerprint density at radius 2 is 1.49 bits per heavy atom. The fraction of sp³-hybridized carbons (Fsp3) is 0.320. The Bertz CT molecular complexity index is 1800. The highest BCUT2D eigenvalue weighted by Crippen LogP contribution is 2.63. The van der Waals surface area contributed by atoms with E-state index in [1.165, 1.54) is 41.5 Å². The monoisotopic (exact) mass is 680 g/mol. The van der Waals surface area contributed by atoms with Gasteiger partial charge in [0.1, 0.15) is 37.8 Å². The molecule has 6 rings (SSSR count). The summed E-state index contributed by atoms with van der Waals surface area (Å²) in [4.78, 5) is 49.4. The van der Waals surface area contributed by atoms with E-state index in [1.54, 1.807) is 6.07 Å². The molecule has 0 spiro atoms. The number of phosphoric acid groups is 2. The van der Waals surface area contributed by atoms with Crippen LogP contribution >= 0.6 is 23.2 Å². The maximum absolute atomic E-state index is 12.5. The summed E-state index contributed by atoms with van der Waals surface area (Å²) in [5.74, 6) is 0.124. The van der Waals surface area contributed by atoms with Gasteiger partial charge in [-0.25, -0.2) is 19.3 Å². The lowest BCUT2D eigenvalue weighted by Gasteiger charge is -2.35. The van der Waals surface area contributed by atoms with Crippen molar-refractivity contribution in [1.82, 2.24) is 19.5 Å². The molecule has 45 heavy (non-hydrogen) atoms. The minimum atomic E-state index is -5.95. The summed E-state index contributed by atoms with van der Waals surface area (Å²) in [6, 6.07) is 16.9. The van der Waals surface area contributed by atoms with Crippen molar-refractivity contribution >= 4 is 40.2 Å². The van der Waals surface area contributed by atoms with E-state index in [0.29, 0.717) is 17.6 Å². The molecule has 4 heterocycles. The fourth-order valence-corrected chi connectivity index (χ4v) is 9.02. The highest BCUT2D eigenvalue weighted by molar-refractivity contribution is 7.66. The van der Waals surface area contributed by atoms with Gasteiger partial charge in [0.15, 0.2) is 24.0 Å². The van der Waals surface area contributed by atoms with E-state index in [1.807, 2.05) is 30.3 Å². The third-order valence-corrected chi connectivity index (χ3v) is 11.5. The average Bonchev–Trinajstić information content (AvgIpc) is 3.66. The van der Waals surface area contributed by atoms with E-state index in [0.717, 1.165) is 5.56 Å². The Morgan fingerprint density at radius 1 is 0.822 bits per heavy atom. The van der Waals surface area contributed by atoms with Crippen molar-refractivity contribution in [3.8, 4) is 0 Å². The minimum absolute atomic E-state index is 0.124. The molecule has 17 nitrogen and oxygen atoms in total. The van der Waals surface area contributed by atoms with Gasteiger partial charge in [-0.05, 0) is 11.1 Å². The number of phosphoric ester groups is 1. The maximum Gasteiger partial charge on any atom is 0.279 e. The molecule has 0 aliphatic carbocycles. The molecule has 0 bridgehead atoms. The SMILES string of the molecule is Nc1ncnc2c1ncn2[C@@H]1O[C@H](COP(=O)([O-])OP(=O)([O-])OP(=O)([O-])Cc2ccccc2)C2OC(Cc3ccccc3)O[C@@H]21. The van der Waals surface area contributed by atoms with Crippen molar-refractivity contribution in [2.45, 2.75) is 43.4 Å². The second kappa shape index (κ2) is 12.7. The lowest BCUT2D eigenvalue weighted by Crippen LogP contribution is -2.32. The van der Waals surface area contributed by atoms with E-state index in [4.69, 9.17) is 24.5 Å². The number of benzene rings is 2. The number of fused-ring (bicyclic) bond motifs is 2. The second-order valence-corrected chi connectivity index (χ2v) is 15.0. The molecule has 2 fully saturated rings. The van der Waals surface area contributed by atoms with E-state index in [2.05, 4.69) is 23.6 Å². The van der Waals surface area contributed by atoms with Crippen LogP contribution in [0.25, 0.3) is 11.2 Å².